The van der Waals surface area contributed by atoms with E-state index in [2.05, 4.69) is 45.5 Å². The zero-order chi connectivity index (χ0) is 11.7. The third-order valence-electron chi connectivity index (χ3n) is 4.01. The van der Waals surface area contributed by atoms with Gasteiger partial charge in [-0.1, -0.05) is 34.1 Å². The van der Waals surface area contributed by atoms with E-state index in [1.54, 1.807) is 0 Å². The first kappa shape index (κ1) is 11.7. The van der Waals surface area contributed by atoms with Gasteiger partial charge >= 0.3 is 0 Å². The molecule has 2 heterocycles. The van der Waals surface area contributed by atoms with Crippen molar-refractivity contribution in [2.45, 2.75) is 30.8 Å². The molecular weight excluding hydrogens is 278 g/mol. The minimum atomic E-state index is 0.287. The van der Waals surface area contributed by atoms with Crippen LogP contribution >= 0.6 is 15.9 Å². The van der Waals surface area contributed by atoms with Crippen LogP contribution in [-0.4, -0.2) is 25.8 Å². The number of rotatable bonds is 3. The third kappa shape index (κ3) is 2.16. The van der Waals surface area contributed by atoms with Crippen molar-refractivity contribution in [1.82, 2.24) is 5.32 Å². The lowest BCUT2D eigenvalue weighted by atomic mass is 9.71. The minimum absolute atomic E-state index is 0.287. The molecule has 1 aromatic carbocycles. The molecule has 2 aliphatic rings. The summed E-state index contributed by atoms with van der Waals surface area (Å²) in [5.74, 6) is 0. The van der Waals surface area contributed by atoms with Crippen molar-refractivity contribution in [3.63, 3.8) is 0 Å². The fourth-order valence-electron chi connectivity index (χ4n) is 3.00. The van der Waals surface area contributed by atoms with Gasteiger partial charge in [-0.05, 0) is 30.9 Å². The average Bonchev–Trinajstić information content (AvgIpc) is 2.77. The maximum absolute atomic E-state index is 5.80. The van der Waals surface area contributed by atoms with Crippen molar-refractivity contribution < 1.29 is 4.74 Å². The number of benzene rings is 1. The lowest BCUT2D eigenvalue weighted by Crippen LogP contribution is -2.58. The molecule has 17 heavy (non-hydrogen) atoms. The molecule has 2 aliphatic heterocycles. The van der Waals surface area contributed by atoms with Crippen LogP contribution in [0.3, 0.4) is 0 Å². The summed E-state index contributed by atoms with van der Waals surface area (Å²) in [6.07, 6.45) is 4.07. The highest BCUT2D eigenvalue weighted by atomic mass is 79.9. The van der Waals surface area contributed by atoms with Crippen molar-refractivity contribution in [3.05, 3.63) is 34.3 Å². The van der Waals surface area contributed by atoms with Gasteiger partial charge in [-0.15, -0.1) is 0 Å². The van der Waals surface area contributed by atoms with Crippen LogP contribution in [0.4, 0.5) is 0 Å². The van der Waals surface area contributed by atoms with E-state index in [9.17, 15) is 0 Å². The molecule has 0 radical (unpaired) electrons. The Hall–Kier alpha value is -0.380. The van der Waals surface area contributed by atoms with Crippen LogP contribution < -0.4 is 5.32 Å². The molecule has 92 valence electrons. The molecule has 3 heteroatoms. The van der Waals surface area contributed by atoms with Crippen molar-refractivity contribution in [2.75, 3.05) is 19.7 Å². The van der Waals surface area contributed by atoms with Gasteiger partial charge in [-0.25, -0.2) is 0 Å². The van der Waals surface area contributed by atoms with Crippen LogP contribution in [0.25, 0.3) is 0 Å². The monoisotopic (exact) mass is 295 g/mol. The van der Waals surface area contributed by atoms with Crippen molar-refractivity contribution in [2.24, 2.45) is 0 Å². The van der Waals surface area contributed by atoms with Gasteiger partial charge in [0.2, 0.25) is 0 Å². The molecule has 0 bridgehead atoms. The second kappa shape index (κ2) is 4.71. The second-order valence-corrected chi connectivity index (χ2v) is 6.06. The van der Waals surface area contributed by atoms with E-state index in [-0.39, 0.29) is 5.41 Å². The molecule has 3 rings (SSSR count). The number of hydrogen-bond acceptors (Lipinski definition) is 2. The van der Waals surface area contributed by atoms with Crippen LogP contribution in [0.1, 0.15) is 24.8 Å². The quantitative estimate of drug-likeness (QED) is 0.926. The average molecular weight is 296 g/mol. The van der Waals surface area contributed by atoms with E-state index in [4.69, 9.17) is 4.74 Å². The van der Waals surface area contributed by atoms with Crippen LogP contribution in [0, 0.1) is 0 Å². The molecule has 0 amide bonds. The number of hydrogen-bond donors (Lipinski definition) is 1. The molecule has 0 saturated carbocycles. The Balaban J connectivity index is 1.83. The van der Waals surface area contributed by atoms with Gasteiger partial charge in [0.15, 0.2) is 0 Å². The van der Waals surface area contributed by atoms with E-state index < -0.39 is 0 Å². The topological polar surface area (TPSA) is 21.3 Å². The summed E-state index contributed by atoms with van der Waals surface area (Å²) in [6.45, 7) is 3.11. The lowest BCUT2D eigenvalue weighted by Gasteiger charge is -2.45. The first-order valence-electron chi connectivity index (χ1n) is 6.37. The smallest absolute Gasteiger partial charge is 0.0585 e. The fraction of sp³-hybridized carbons (Fsp3) is 0.571. The number of ether oxygens (including phenoxy) is 1. The summed E-state index contributed by atoms with van der Waals surface area (Å²) in [5, 5.41) is 3.43. The highest BCUT2D eigenvalue weighted by Crippen LogP contribution is 2.39. The molecular formula is C14H18BrNO. The molecule has 1 N–H and O–H groups in total. The Morgan fingerprint density at radius 3 is 2.76 bits per heavy atom. The minimum Gasteiger partial charge on any atom is -0.378 e. The summed E-state index contributed by atoms with van der Waals surface area (Å²) in [4.78, 5) is 0. The molecule has 2 nitrogen and oxygen atoms in total. The zero-order valence-electron chi connectivity index (χ0n) is 9.92. The number of nitrogens with one attached hydrogen (secondary N) is 1. The maximum atomic E-state index is 5.80. The summed E-state index contributed by atoms with van der Waals surface area (Å²) in [6, 6.07) is 8.61. The van der Waals surface area contributed by atoms with E-state index in [1.807, 2.05) is 0 Å². The predicted octanol–water partition coefficient (Wildman–Crippen LogP) is 2.86. The van der Waals surface area contributed by atoms with Gasteiger partial charge < -0.3 is 10.1 Å². The molecule has 2 saturated heterocycles. The van der Waals surface area contributed by atoms with Gasteiger partial charge in [0.25, 0.3) is 0 Å². The molecule has 0 aliphatic carbocycles. The zero-order valence-corrected chi connectivity index (χ0v) is 11.5. The lowest BCUT2D eigenvalue weighted by molar-refractivity contribution is 0.0679. The van der Waals surface area contributed by atoms with Crippen molar-refractivity contribution in [3.8, 4) is 0 Å². The summed E-state index contributed by atoms with van der Waals surface area (Å²) < 4.78 is 7.04. The molecule has 0 spiro atoms. The summed E-state index contributed by atoms with van der Waals surface area (Å²) >= 11 is 3.69. The first-order valence-corrected chi connectivity index (χ1v) is 7.17. The Bertz CT molecular complexity index is 397. The van der Waals surface area contributed by atoms with E-state index >= 15 is 0 Å². The largest absolute Gasteiger partial charge is 0.378 e. The molecule has 2 fully saturated rings. The van der Waals surface area contributed by atoms with Crippen LogP contribution in [-0.2, 0) is 10.2 Å². The van der Waals surface area contributed by atoms with Crippen molar-refractivity contribution in [1.29, 1.82) is 0 Å². The van der Waals surface area contributed by atoms with E-state index in [0.29, 0.717) is 6.10 Å². The number of halogens is 1. The van der Waals surface area contributed by atoms with Gasteiger partial charge in [0.05, 0.1) is 6.10 Å². The highest BCUT2D eigenvalue weighted by Gasteiger charge is 2.42. The van der Waals surface area contributed by atoms with Crippen molar-refractivity contribution >= 4 is 15.9 Å². The van der Waals surface area contributed by atoms with Gasteiger partial charge in [-0.2, -0.15) is 0 Å². The molecule has 1 aromatic rings. The van der Waals surface area contributed by atoms with E-state index in [0.717, 1.165) is 26.1 Å². The normalized spacial score (nSPS) is 26.8. The summed E-state index contributed by atoms with van der Waals surface area (Å²) in [5.41, 5.74) is 1.73. The Morgan fingerprint density at radius 2 is 2.18 bits per heavy atom. The fourth-order valence-corrected chi connectivity index (χ4v) is 3.71. The molecule has 1 unspecified atom stereocenters. The van der Waals surface area contributed by atoms with Crippen LogP contribution in [0.5, 0.6) is 0 Å². The maximum Gasteiger partial charge on any atom is 0.0585 e. The standard InChI is InChI=1S/C14H18BrNO/c15-13-6-2-1-5-12(13)14(9-16-10-14)8-11-4-3-7-17-11/h1-2,5-6,11,16H,3-4,7-10H2. The third-order valence-corrected chi connectivity index (χ3v) is 4.71. The highest BCUT2D eigenvalue weighted by molar-refractivity contribution is 9.10. The first-order chi connectivity index (χ1) is 8.30. The van der Waals surface area contributed by atoms with E-state index in [1.165, 1.54) is 22.9 Å². The van der Waals surface area contributed by atoms with Gasteiger partial charge in [0, 0.05) is 29.6 Å². The molecule has 1 atom stereocenters. The SMILES string of the molecule is Brc1ccccc1C1(CC2CCCO2)CNC1. The Kier molecular flexibility index (Phi) is 3.24. The molecule has 0 aromatic heterocycles. The summed E-state index contributed by atoms with van der Waals surface area (Å²) in [7, 11) is 0. The Morgan fingerprint density at radius 1 is 1.35 bits per heavy atom. The predicted molar refractivity (Wildman–Crippen MR) is 72.3 cm³/mol. The second-order valence-electron chi connectivity index (χ2n) is 5.20. The van der Waals surface area contributed by atoms with Crippen LogP contribution in [0.2, 0.25) is 0 Å². The van der Waals surface area contributed by atoms with Gasteiger partial charge in [0.1, 0.15) is 0 Å². The Labute approximate surface area is 111 Å². The van der Waals surface area contributed by atoms with Crippen LogP contribution in [0.15, 0.2) is 28.7 Å². The van der Waals surface area contributed by atoms with Gasteiger partial charge in [-0.3, -0.25) is 0 Å².